The van der Waals surface area contributed by atoms with Crippen LogP contribution in [0.5, 0.6) is 0 Å². The van der Waals surface area contributed by atoms with E-state index in [1.807, 2.05) is 31.2 Å². The zero-order chi connectivity index (χ0) is 21.7. The molecule has 1 aromatic heterocycles. The largest absolute Gasteiger partial charge is 0.449 e. The maximum atomic E-state index is 13.2. The van der Waals surface area contributed by atoms with Gasteiger partial charge in [-0.1, -0.05) is 56.1 Å². The number of hydrogen-bond donors (Lipinski definition) is 1. The summed E-state index contributed by atoms with van der Waals surface area (Å²) in [7, 11) is 0. The van der Waals surface area contributed by atoms with Crippen LogP contribution in [0.4, 0.5) is 5.69 Å². The fourth-order valence-electron chi connectivity index (χ4n) is 3.44. The zero-order valence-corrected chi connectivity index (χ0v) is 18.1. The van der Waals surface area contributed by atoms with Crippen molar-refractivity contribution in [3.05, 3.63) is 70.4 Å². The number of rotatable bonds is 7. The van der Waals surface area contributed by atoms with Gasteiger partial charge in [-0.3, -0.25) is 9.78 Å². The van der Waals surface area contributed by atoms with Gasteiger partial charge >= 0.3 is 5.97 Å². The summed E-state index contributed by atoms with van der Waals surface area (Å²) in [6.07, 6.45) is 1.38. The van der Waals surface area contributed by atoms with Crippen LogP contribution in [0.2, 0.25) is 5.02 Å². The van der Waals surface area contributed by atoms with E-state index in [0.29, 0.717) is 22.7 Å². The van der Waals surface area contributed by atoms with Crippen LogP contribution in [0, 0.1) is 0 Å². The van der Waals surface area contributed by atoms with Crippen molar-refractivity contribution < 1.29 is 14.3 Å². The Labute approximate surface area is 181 Å². The van der Waals surface area contributed by atoms with Crippen molar-refractivity contribution in [1.29, 1.82) is 0 Å². The highest BCUT2D eigenvalue weighted by molar-refractivity contribution is 6.30. The van der Waals surface area contributed by atoms with Crippen LogP contribution in [0.25, 0.3) is 10.9 Å². The van der Waals surface area contributed by atoms with Gasteiger partial charge < -0.3 is 10.1 Å². The number of esters is 1. The van der Waals surface area contributed by atoms with Gasteiger partial charge in [0.15, 0.2) is 6.10 Å². The van der Waals surface area contributed by atoms with E-state index in [-0.39, 0.29) is 0 Å². The normalized spacial score (nSPS) is 11.9. The van der Waals surface area contributed by atoms with Crippen molar-refractivity contribution in [1.82, 2.24) is 4.98 Å². The van der Waals surface area contributed by atoms with E-state index in [4.69, 9.17) is 21.3 Å². The molecule has 1 amide bonds. The Kier molecular flexibility index (Phi) is 7.06. The number of pyridine rings is 1. The maximum absolute atomic E-state index is 13.2. The second kappa shape index (κ2) is 9.72. The molecule has 0 fully saturated rings. The van der Waals surface area contributed by atoms with Crippen molar-refractivity contribution >= 4 is 40.1 Å². The number of anilines is 1. The van der Waals surface area contributed by atoms with E-state index in [1.54, 1.807) is 31.2 Å². The van der Waals surface area contributed by atoms with Crippen molar-refractivity contribution in [2.45, 2.75) is 46.1 Å². The van der Waals surface area contributed by atoms with Gasteiger partial charge in [0.1, 0.15) is 0 Å². The molecule has 3 rings (SSSR count). The predicted octanol–water partition coefficient (Wildman–Crippen LogP) is 5.59. The monoisotopic (exact) mass is 424 g/mol. The Balaban J connectivity index is 1.89. The van der Waals surface area contributed by atoms with Gasteiger partial charge in [0.05, 0.1) is 11.1 Å². The molecule has 0 spiro atoms. The minimum atomic E-state index is -0.970. The second-order valence-corrected chi connectivity index (χ2v) is 7.52. The first-order chi connectivity index (χ1) is 14.4. The zero-order valence-electron chi connectivity index (χ0n) is 17.4. The Bertz CT molecular complexity index is 1080. The fraction of sp³-hybridized carbons (Fsp3) is 0.292. The molecule has 3 aromatic rings. The summed E-state index contributed by atoms with van der Waals surface area (Å²) in [5.74, 6) is -0.938. The van der Waals surface area contributed by atoms with Crippen molar-refractivity contribution in [3.8, 4) is 0 Å². The van der Waals surface area contributed by atoms with Gasteiger partial charge in [-0.15, -0.1) is 0 Å². The smallest absolute Gasteiger partial charge is 0.339 e. The lowest BCUT2D eigenvalue weighted by molar-refractivity contribution is -0.123. The van der Waals surface area contributed by atoms with E-state index in [0.717, 1.165) is 35.0 Å². The number of aryl methyl sites for hydroxylation is 1. The van der Waals surface area contributed by atoms with Gasteiger partial charge in [-0.25, -0.2) is 4.79 Å². The van der Waals surface area contributed by atoms with Gasteiger partial charge in [0.25, 0.3) is 5.91 Å². The number of ether oxygens (including phenoxy) is 1. The number of amides is 1. The topological polar surface area (TPSA) is 68.3 Å². The van der Waals surface area contributed by atoms with Gasteiger partial charge in [-0.05, 0) is 49.6 Å². The predicted molar refractivity (Wildman–Crippen MR) is 120 cm³/mol. The number of nitrogens with one attached hydrogen (secondary N) is 1. The quantitative estimate of drug-likeness (QED) is 0.502. The molecular formula is C24H25ClN2O3. The Morgan fingerprint density at radius 1 is 1.13 bits per heavy atom. The average molecular weight is 425 g/mol. The molecule has 6 heteroatoms. The average Bonchev–Trinajstić information content (AvgIpc) is 2.72. The molecule has 0 saturated heterocycles. The summed E-state index contributed by atoms with van der Waals surface area (Å²) in [6.45, 7) is 5.63. The SMILES string of the molecule is CCCc1nc2ccccc2c(C(=O)OC(C)C(=O)Nc2cccc(Cl)c2)c1CC. The fourth-order valence-corrected chi connectivity index (χ4v) is 3.63. The van der Waals surface area contributed by atoms with Crippen molar-refractivity contribution in [3.63, 3.8) is 0 Å². The summed E-state index contributed by atoms with van der Waals surface area (Å²) in [4.78, 5) is 30.5. The highest BCUT2D eigenvalue weighted by Crippen LogP contribution is 2.26. The molecule has 0 saturated carbocycles. The highest BCUT2D eigenvalue weighted by atomic mass is 35.5. The Hall–Kier alpha value is -2.92. The number of carbonyl (C=O) groups excluding carboxylic acids is 2. The van der Waals surface area contributed by atoms with Crippen LogP contribution >= 0.6 is 11.6 Å². The summed E-state index contributed by atoms with van der Waals surface area (Å²) in [5, 5.41) is 3.97. The minimum absolute atomic E-state index is 0.421. The summed E-state index contributed by atoms with van der Waals surface area (Å²) < 4.78 is 5.57. The van der Waals surface area contributed by atoms with E-state index < -0.39 is 18.0 Å². The Morgan fingerprint density at radius 3 is 2.60 bits per heavy atom. The number of hydrogen-bond acceptors (Lipinski definition) is 4. The van der Waals surface area contributed by atoms with E-state index in [1.165, 1.54) is 0 Å². The molecule has 156 valence electrons. The first-order valence-electron chi connectivity index (χ1n) is 10.1. The lowest BCUT2D eigenvalue weighted by Gasteiger charge is -2.18. The van der Waals surface area contributed by atoms with Crippen molar-refractivity contribution in [2.75, 3.05) is 5.32 Å². The molecule has 2 aromatic carbocycles. The molecule has 0 radical (unpaired) electrons. The molecule has 0 bridgehead atoms. The molecule has 1 N–H and O–H groups in total. The van der Waals surface area contributed by atoms with Crippen LogP contribution in [0.1, 0.15) is 48.8 Å². The third kappa shape index (κ3) is 4.79. The lowest BCUT2D eigenvalue weighted by atomic mass is 9.96. The molecular weight excluding hydrogens is 400 g/mol. The summed E-state index contributed by atoms with van der Waals surface area (Å²) in [6, 6.07) is 14.3. The van der Waals surface area contributed by atoms with E-state index in [2.05, 4.69) is 12.2 Å². The van der Waals surface area contributed by atoms with Crippen molar-refractivity contribution in [2.24, 2.45) is 0 Å². The minimum Gasteiger partial charge on any atom is -0.449 e. The van der Waals surface area contributed by atoms with Crippen LogP contribution < -0.4 is 5.32 Å². The van der Waals surface area contributed by atoms with Crippen LogP contribution in [-0.2, 0) is 22.4 Å². The number of halogens is 1. The molecule has 1 heterocycles. The van der Waals surface area contributed by atoms with E-state index >= 15 is 0 Å². The molecule has 1 unspecified atom stereocenters. The first-order valence-corrected chi connectivity index (χ1v) is 10.5. The number of carbonyl (C=O) groups is 2. The second-order valence-electron chi connectivity index (χ2n) is 7.08. The number of benzene rings is 2. The number of para-hydroxylation sites is 1. The molecule has 0 aliphatic heterocycles. The van der Waals surface area contributed by atoms with Gasteiger partial charge in [0, 0.05) is 21.8 Å². The third-order valence-electron chi connectivity index (χ3n) is 4.87. The lowest BCUT2D eigenvalue weighted by Crippen LogP contribution is -2.30. The van der Waals surface area contributed by atoms with Gasteiger partial charge in [-0.2, -0.15) is 0 Å². The highest BCUT2D eigenvalue weighted by Gasteiger charge is 2.24. The summed E-state index contributed by atoms with van der Waals surface area (Å²) >= 11 is 5.96. The van der Waals surface area contributed by atoms with Crippen LogP contribution in [0.3, 0.4) is 0 Å². The number of fused-ring (bicyclic) bond motifs is 1. The van der Waals surface area contributed by atoms with Crippen LogP contribution in [-0.4, -0.2) is 23.0 Å². The standard InChI is InChI=1S/C24H25ClN2O3/c1-4-9-20-18(5-2)22(19-12-6-7-13-21(19)27-20)24(29)30-15(3)23(28)26-17-11-8-10-16(25)14-17/h6-8,10-15H,4-5,9H2,1-3H3,(H,26,28). The molecule has 30 heavy (non-hydrogen) atoms. The Morgan fingerprint density at radius 2 is 1.90 bits per heavy atom. The molecule has 0 aliphatic carbocycles. The van der Waals surface area contributed by atoms with Crippen LogP contribution in [0.15, 0.2) is 48.5 Å². The molecule has 1 atom stereocenters. The first kappa shape index (κ1) is 21.8. The summed E-state index contributed by atoms with van der Waals surface area (Å²) in [5.41, 5.74) is 3.57. The third-order valence-corrected chi connectivity index (χ3v) is 5.10. The molecule has 0 aliphatic rings. The van der Waals surface area contributed by atoms with E-state index in [9.17, 15) is 9.59 Å². The molecule has 5 nitrogen and oxygen atoms in total. The number of aromatic nitrogens is 1. The number of nitrogens with zero attached hydrogens (tertiary/aromatic N) is 1. The van der Waals surface area contributed by atoms with Gasteiger partial charge in [0.2, 0.25) is 0 Å². The maximum Gasteiger partial charge on any atom is 0.339 e.